The van der Waals surface area contributed by atoms with Gasteiger partial charge in [-0.1, -0.05) is 6.42 Å². The van der Waals surface area contributed by atoms with E-state index in [1.807, 2.05) is 28.5 Å². The lowest BCUT2D eigenvalue weighted by molar-refractivity contribution is -0.427. The zero-order chi connectivity index (χ0) is 26.9. The summed E-state index contributed by atoms with van der Waals surface area (Å²) in [6.07, 6.45) is 6.18. The highest BCUT2D eigenvalue weighted by molar-refractivity contribution is 7.21. The van der Waals surface area contributed by atoms with Crippen LogP contribution < -0.4 is 32.4 Å². The Morgan fingerprint density at radius 3 is 2.79 bits per heavy atom. The molecular formula is C27H31N6O4S2+. The molecule has 4 aromatic heterocycles. The summed E-state index contributed by atoms with van der Waals surface area (Å²) < 4.78 is 12.3. The Kier molecular flexibility index (Phi) is 7.26. The Labute approximate surface area is 233 Å². The highest BCUT2D eigenvalue weighted by atomic mass is 32.1. The van der Waals surface area contributed by atoms with Crippen molar-refractivity contribution in [1.82, 2.24) is 4.98 Å². The van der Waals surface area contributed by atoms with Gasteiger partial charge in [-0.3, -0.25) is 9.59 Å². The second-order valence-corrected chi connectivity index (χ2v) is 11.9. The van der Waals surface area contributed by atoms with Gasteiger partial charge in [0.1, 0.15) is 10.7 Å². The molecule has 204 valence electrons. The van der Waals surface area contributed by atoms with E-state index >= 15 is 0 Å². The molecule has 39 heavy (non-hydrogen) atoms. The summed E-state index contributed by atoms with van der Waals surface area (Å²) in [5.74, 6) is -0.0379. The summed E-state index contributed by atoms with van der Waals surface area (Å²) in [6.45, 7) is 2.57. The number of hydrogen-bond donors (Lipinski definition) is 4. The van der Waals surface area contributed by atoms with Gasteiger partial charge in [-0.05, 0) is 31.0 Å². The van der Waals surface area contributed by atoms with Gasteiger partial charge in [0, 0.05) is 41.4 Å². The normalized spacial score (nSPS) is 19.8. The van der Waals surface area contributed by atoms with Gasteiger partial charge in [0.15, 0.2) is 17.2 Å². The topological polar surface area (TPSA) is 150 Å². The summed E-state index contributed by atoms with van der Waals surface area (Å²) >= 11 is 2.88. The number of fused-ring (bicyclic) bond motifs is 1. The van der Waals surface area contributed by atoms with Crippen LogP contribution in [0.5, 0.6) is 0 Å². The first kappa shape index (κ1) is 25.8. The highest BCUT2D eigenvalue weighted by Gasteiger charge is 2.25. The van der Waals surface area contributed by atoms with Crippen LogP contribution in [0.2, 0.25) is 0 Å². The fourth-order valence-electron chi connectivity index (χ4n) is 5.17. The number of nitrogens with one attached hydrogen (secondary N) is 2. The first-order valence-electron chi connectivity index (χ1n) is 13.1. The highest BCUT2D eigenvalue weighted by Crippen LogP contribution is 2.40. The quantitative estimate of drug-likeness (QED) is 0.264. The fourth-order valence-corrected chi connectivity index (χ4v) is 7.08. The van der Waals surface area contributed by atoms with E-state index in [1.54, 1.807) is 12.3 Å². The number of aromatic nitrogens is 1. The molecule has 0 bridgehead atoms. The molecule has 1 saturated carbocycles. The average molecular weight is 568 g/mol. The average Bonchev–Trinajstić information content (AvgIpc) is 3.58. The molecule has 2 aliphatic rings. The van der Waals surface area contributed by atoms with Crippen molar-refractivity contribution in [3.05, 3.63) is 51.8 Å². The minimum absolute atomic E-state index is 0.0483. The summed E-state index contributed by atoms with van der Waals surface area (Å²) in [4.78, 5) is 32.3. The lowest BCUT2D eigenvalue weighted by Crippen LogP contribution is -2.68. The number of thiophene rings is 2. The lowest BCUT2D eigenvalue weighted by atomic mass is 9.91. The third-order valence-corrected chi connectivity index (χ3v) is 9.27. The Bertz CT molecular complexity index is 1560. The molecule has 7 N–H and O–H groups in total. The van der Waals surface area contributed by atoms with Crippen LogP contribution >= 0.6 is 22.7 Å². The number of quaternary nitrogens is 1. The molecule has 1 saturated heterocycles. The lowest BCUT2D eigenvalue weighted by Gasteiger charge is -2.27. The molecule has 1 amide bonds. The Hall–Kier alpha value is -3.45. The first-order chi connectivity index (χ1) is 19.0. The zero-order valence-electron chi connectivity index (χ0n) is 21.4. The molecule has 6 rings (SSSR count). The molecule has 2 fully saturated rings. The van der Waals surface area contributed by atoms with Crippen LogP contribution in [-0.4, -0.2) is 49.3 Å². The van der Waals surface area contributed by atoms with Crippen molar-refractivity contribution in [2.45, 2.75) is 37.8 Å². The summed E-state index contributed by atoms with van der Waals surface area (Å²) in [7, 11) is 0. The van der Waals surface area contributed by atoms with Crippen molar-refractivity contribution < 1.29 is 19.7 Å². The largest absolute Gasteiger partial charge is 0.439 e. The van der Waals surface area contributed by atoms with Crippen LogP contribution in [0.3, 0.4) is 0 Å². The van der Waals surface area contributed by atoms with E-state index in [4.69, 9.17) is 14.9 Å². The summed E-state index contributed by atoms with van der Waals surface area (Å²) in [5.41, 5.74) is 12.9. The van der Waals surface area contributed by atoms with Crippen molar-refractivity contribution in [1.29, 1.82) is 0 Å². The molecule has 0 aromatic carbocycles. The molecule has 0 unspecified atom stereocenters. The molecule has 2 atom stereocenters. The number of hydrogen-bond acceptors (Lipinski definition) is 10. The maximum absolute atomic E-state index is 12.9. The maximum atomic E-state index is 12.9. The SMILES string of the molecule is NC(=O)c1ncc(N[C@H]2CCCC[C@H]2[NH3+])cc1Nc1ccc(-c2csc3c(=O)cc(N4CCOCC4)oc23)s1. The number of anilines is 4. The van der Waals surface area contributed by atoms with Gasteiger partial charge in [0.05, 0.1) is 41.8 Å². The Morgan fingerprint density at radius 1 is 1.18 bits per heavy atom. The molecule has 10 nitrogen and oxygen atoms in total. The number of primary amides is 1. The number of amides is 1. The standard InChI is InChI=1S/C27H30N6O4S2/c28-17-3-1-2-4-18(17)31-15-11-19(24(27(29)35)30-13-15)32-22-6-5-21(39-22)16-14-38-26-20(34)12-23(37-25(16)26)33-7-9-36-10-8-33/h5-6,11-14,17-18,31-32H,1-4,7-10,28H2,(H2,29,35)/p+1/t17-,18+/m1/s1. The molecule has 4 aromatic rings. The number of nitrogens with zero attached hydrogens (tertiary/aromatic N) is 2. The number of ether oxygens (including phenoxy) is 1. The number of carbonyl (C=O) groups is 1. The van der Waals surface area contributed by atoms with Crippen LogP contribution in [-0.2, 0) is 4.74 Å². The third kappa shape index (κ3) is 5.37. The van der Waals surface area contributed by atoms with Gasteiger partial charge in [-0.25, -0.2) is 4.98 Å². The number of rotatable bonds is 7. The van der Waals surface area contributed by atoms with Crippen molar-refractivity contribution >= 4 is 61.1 Å². The maximum Gasteiger partial charge on any atom is 0.269 e. The molecule has 5 heterocycles. The summed E-state index contributed by atoms with van der Waals surface area (Å²) in [6, 6.07) is 7.95. The molecule has 0 spiro atoms. The van der Waals surface area contributed by atoms with Gasteiger partial charge in [0.25, 0.3) is 5.91 Å². The van der Waals surface area contributed by atoms with Crippen LogP contribution in [0, 0.1) is 0 Å². The molecule has 1 aliphatic carbocycles. The number of morpholine rings is 1. The minimum Gasteiger partial charge on any atom is -0.439 e. The van der Waals surface area contributed by atoms with Gasteiger partial charge in [0.2, 0.25) is 5.43 Å². The second kappa shape index (κ2) is 11.0. The van der Waals surface area contributed by atoms with E-state index in [-0.39, 0.29) is 17.2 Å². The van der Waals surface area contributed by atoms with Gasteiger partial charge < -0.3 is 36.2 Å². The van der Waals surface area contributed by atoms with Crippen molar-refractivity contribution in [3.8, 4) is 10.4 Å². The van der Waals surface area contributed by atoms with Crippen LogP contribution in [0.25, 0.3) is 20.7 Å². The number of nitrogens with two attached hydrogens (primary N) is 1. The van der Waals surface area contributed by atoms with Crippen molar-refractivity contribution in [2.75, 3.05) is 41.8 Å². The number of pyridine rings is 1. The van der Waals surface area contributed by atoms with E-state index in [0.717, 1.165) is 34.0 Å². The van der Waals surface area contributed by atoms with E-state index in [2.05, 4.69) is 21.4 Å². The van der Waals surface area contributed by atoms with E-state index in [1.165, 1.54) is 35.5 Å². The molecule has 0 radical (unpaired) electrons. The summed E-state index contributed by atoms with van der Waals surface area (Å²) in [5, 5.41) is 9.64. The Balaban J connectivity index is 1.28. The first-order valence-corrected chi connectivity index (χ1v) is 14.8. The van der Waals surface area contributed by atoms with Crippen molar-refractivity contribution in [2.24, 2.45) is 5.73 Å². The monoisotopic (exact) mass is 567 g/mol. The van der Waals surface area contributed by atoms with E-state index in [0.29, 0.717) is 54.2 Å². The van der Waals surface area contributed by atoms with Crippen LogP contribution in [0.1, 0.15) is 36.2 Å². The molecule has 1 aliphatic heterocycles. The number of carbonyl (C=O) groups excluding carboxylic acids is 1. The Morgan fingerprint density at radius 2 is 2.00 bits per heavy atom. The third-order valence-electron chi connectivity index (χ3n) is 7.26. The van der Waals surface area contributed by atoms with E-state index < -0.39 is 5.91 Å². The molecular weight excluding hydrogens is 536 g/mol. The van der Waals surface area contributed by atoms with Crippen molar-refractivity contribution in [3.63, 3.8) is 0 Å². The predicted octanol–water partition coefficient (Wildman–Crippen LogP) is 3.62. The van der Waals surface area contributed by atoms with Gasteiger partial charge in [-0.15, -0.1) is 22.7 Å². The predicted molar refractivity (Wildman–Crippen MR) is 155 cm³/mol. The van der Waals surface area contributed by atoms with Crippen LogP contribution in [0.4, 0.5) is 22.3 Å². The fraction of sp³-hybridized carbons (Fsp3) is 0.370. The van der Waals surface area contributed by atoms with E-state index in [9.17, 15) is 9.59 Å². The van der Waals surface area contributed by atoms with Gasteiger partial charge >= 0.3 is 0 Å². The second-order valence-electron chi connectivity index (χ2n) is 9.92. The minimum atomic E-state index is -0.602. The smallest absolute Gasteiger partial charge is 0.269 e. The zero-order valence-corrected chi connectivity index (χ0v) is 23.0. The molecule has 12 heteroatoms. The van der Waals surface area contributed by atoms with Crippen LogP contribution in [0.15, 0.2) is 45.1 Å². The van der Waals surface area contributed by atoms with Gasteiger partial charge in [-0.2, -0.15) is 0 Å².